The Bertz CT molecular complexity index is 362. The number of allylic oxidation sites excluding steroid dienone is 1. The number of rotatable bonds is 6. The number of nitrogens with zero attached hydrogens (tertiary/aromatic N) is 1. The first-order valence-electron chi connectivity index (χ1n) is 5.71. The molecule has 0 saturated heterocycles. The summed E-state index contributed by atoms with van der Waals surface area (Å²) in [4.78, 5) is 13.4. The van der Waals surface area contributed by atoms with Crippen molar-refractivity contribution in [2.75, 3.05) is 20.2 Å². The third kappa shape index (κ3) is 4.04. The Kier molecular flexibility index (Phi) is 5.43. The van der Waals surface area contributed by atoms with E-state index in [2.05, 4.69) is 6.58 Å². The lowest BCUT2D eigenvalue weighted by molar-refractivity contribution is -0.130. The topological polar surface area (TPSA) is 40.5 Å². The molecule has 1 atom stereocenters. The van der Waals surface area contributed by atoms with E-state index in [0.717, 1.165) is 5.56 Å². The van der Waals surface area contributed by atoms with Crippen LogP contribution in [0.3, 0.4) is 0 Å². The van der Waals surface area contributed by atoms with Gasteiger partial charge in [0.25, 0.3) is 0 Å². The third-order valence-corrected chi connectivity index (χ3v) is 2.77. The van der Waals surface area contributed by atoms with Crippen LogP contribution in [0.2, 0.25) is 0 Å². The standard InChI is InChI=1S/C14H19NO2/c1-3-12(13-7-5-4-6-8-13)11-14(17)15(2)9-10-16/h3-8,12,16H,1,9-11H2,2H3. The molecule has 3 nitrogen and oxygen atoms in total. The third-order valence-electron chi connectivity index (χ3n) is 2.77. The largest absolute Gasteiger partial charge is 0.395 e. The van der Waals surface area contributed by atoms with Crippen LogP contribution in [0.15, 0.2) is 43.0 Å². The first-order chi connectivity index (χ1) is 8.19. The smallest absolute Gasteiger partial charge is 0.223 e. The second-order valence-electron chi connectivity index (χ2n) is 4.00. The second-order valence-corrected chi connectivity index (χ2v) is 4.00. The van der Waals surface area contributed by atoms with Gasteiger partial charge in [-0.25, -0.2) is 0 Å². The molecule has 0 bridgehead atoms. The fourth-order valence-electron chi connectivity index (χ4n) is 1.66. The van der Waals surface area contributed by atoms with Crippen molar-refractivity contribution in [3.63, 3.8) is 0 Å². The predicted octanol–water partition coefficient (Wildman–Crippen LogP) is 1.80. The molecule has 0 heterocycles. The SMILES string of the molecule is C=CC(CC(=O)N(C)CCO)c1ccccc1. The summed E-state index contributed by atoms with van der Waals surface area (Å²) >= 11 is 0. The molecule has 0 aliphatic rings. The highest BCUT2D eigenvalue weighted by Crippen LogP contribution is 2.21. The normalized spacial score (nSPS) is 11.9. The van der Waals surface area contributed by atoms with E-state index in [1.165, 1.54) is 0 Å². The number of amides is 1. The lowest BCUT2D eigenvalue weighted by Crippen LogP contribution is -2.30. The van der Waals surface area contributed by atoms with Gasteiger partial charge in [0.2, 0.25) is 5.91 Å². The molecule has 1 rings (SSSR count). The zero-order chi connectivity index (χ0) is 12.7. The molecular formula is C14H19NO2. The molecule has 1 amide bonds. The average Bonchev–Trinajstić information content (AvgIpc) is 2.37. The molecule has 0 fully saturated rings. The highest BCUT2D eigenvalue weighted by Gasteiger charge is 2.15. The van der Waals surface area contributed by atoms with Gasteiger partial charge in [0, 0.05) is 25.9 Å². The molecule has 17 heavy (non-hydrogen) atoms. The van der Waals surface area contributed by atoms with Crippen molar-refractivity contribution < 1.29 is 9.90 Å². The molecule has 0 aliphatic heterocycles. The molecule has 0 spiro atoms. The molecule has 1 aromatic carbocycles. The summed E-state index contributed by atoms with van der Waals surface area (Å²) in [5, 5.41) is 8.78. The molecule has 0 aromatic heterocycles. The number of hydrogen-bond acceptors (Lipinski definition) is 2. The van der Waals surface area contributed by atoms with Crippen LogP contribution in [-0.2, 0) is 4.79 Å². The van der Waals surface area contributed by atoms with Gasteiger partial charge in [0.05, 0.1) is 6.61 Å². The van der Waals surface area contributed by atoms with Crippen molar-refractivity contribution in [2.24, 2.45) is 0 Å². The van der Waals surface area contributed by atoms with Gasteiger partial charge >= 0.3 is 0 Å². The summed E-state index contributed by atoms with van der Waals surface area (Å²) < 4.78 is 0. The Morgan fingerprint density at radius 1 is 1.47 bits per heavy atom. The minimum absolute atomic E-state index is 0.00761. The van der Waals surface area contributed by atoms with Gasteiger partial charge in [-0.15, -0.1) is 6.58 Å². The lowest BCUT2D eigenvalue weighted by Gasteiger charge is -2.19. The Balaban J connectivity index is 2.65. The van der Waals surface area contributed by atoms with Crippen LogP contribution in [0.5, 0.6) is 0 Å². The number of hydrogen-bond donors (Lipinski definition) is 1. The monoisotopic (exact) mass is 233 g/mol. The van der Waals surface area contributed by atoms with Crippen molar-refractivity contribution in [2.45, 2.75) is 12.3 Å². The fraction of sp³-hybridized carbons (Fsp3) is 0.357. The van der Waals surface area contributed by atoms with Gasteiger partial charge in [0.15, 0.2) is 0 Å². The quantitative estimate of drug-likeness (QED) is 0.761. The first kappa shape index (κ1) is 13.5. The zero-order valence-corrected chi connectivity index (χ0v) is 10.2. The van der Waals surface area contributed by atoms with Gasteiger partial charge in [-0.1, -0.05) is 36.4 Å². The molecule has 0 aliphatic carbocycles. The van der Waals surface area contributed by atoms with Gasteiger partial charge < -0.3 is 10.0 Å². The number of benzene rings is 1. The summed E-state index contributed by atoms with van der Waals surface area (Å²) in [7, 11) is 1.70. The zero-order valence-electron chi connectivity index (χ0n) is 10.2. The van der Waals surface area contributed by atoms with Crippen molar-refractivity contribution in [1.29, 1.82) is 0 Å². The van der Waals surface area contributed by atoms with E-state index in [1.807, 2.05) is 30.3 Å². The maximum absolute atomic E-state index is 11.8. The molecule has 1 N–H and O–H groups in total. The summed E-state index contributed by atoms with van der Waals surface area (Å²) in [5.41, 5.74) is 1.09. The molecule has 0 saturated carbocycles. The minimum atomic E-state index is -0.00761. The van der Waals surface area contributed by atoms with Crippen molar-refractivity contribution in [1.82, 2.24) is 4.90 Å². The van der Waals surface area contributed by atoms with E-state index in [9.17, 15) is 4.79 Å². The maximum Gasteiger partial charge on any atom is 0.223 e. The van der Waals surface area contributed by atoms with Crippen LogP contribution >= 0.6 is 0 Å². The van der Waals surface area contributed by atoms with Gasteiger partial charge in [-0.2, -0.15) is 0 Å². The Morgan fingerprint density at radius 3 is 2.65 bits per heavy atom. The van der Waals surface area contributed by atoms with Crippen molar-refractivity contribution in [3.05, 3.63) is 48.6 Å². The number of aliphatic hydroxyl groups is 1. The lowest BCUT2D eigenvalue weighted by atomic mass is 9.95. The molecule has 1 aromatic rings. The summed E-state index contributed by atoms with van der Waals surface area (Å²) in [6.07, 6.45) is 2.18. The summed E-state index contributed by atoms with van der Waals surface area (Å²) in [5.74, 6) is 0.0534. The number of carbonyl (C=O) groups is 1. The van der Waals surface area contributed by atoms with Crippen LogP contribution < -0.4 is 0 Å². The van der Waals surface area contributed by atoms with Crippen LogP contribution in [0.4, 0.5) is 0 Å². The van der Waals surface area contributed by atoms with Crippen molar-refractivity contribution >= 4 is 5.91 Å². The maximum atomic E-state index is 11.8. The van der Waals surface area contributed by atoms with Crippen molar-refractivity contribution in [3.8, 4) is 0 Å². The van der Waals surface area contributed by atoms with Crippen LogP contribution in [0, 0.1) is 0 Å². The number of carbonyl (C=O) groups excluding carboxylic acids is 1. The highest BCUT2D eigenvalue weighted by molar-refractivity contribution is 5.77. The van der Waals surface area contributed by atoms with Crippen LogP contribution in [-0.4, -0.2) is 36.1 Å². The van der Waals surface area contributed by atoms with Crippen LogP contribution in [0.25, 0.3) is 0 Å². The number of aliphatic hydroxyl groups excluding tert-OH is 1. The molecule has 92 valence electrons. The molecular weight excluding hydrogens is 214 g/mol. The van der Waals surface area contributed by atoms with E-state index in [0.29, 0.717) is 13.0 Å². The van der Waals surface area contributed by atoms with Gasteiger partial charge in [0.1, 0.15) is 0 Å². The molecule has 1 unspecified atom stereocenters. The van der Waals surface area contributed by atoms with Gasteiger partial charge in [-0.05, 0) is 5.56 Å². The highest BCUT2D eigenvalue weighted by atomic mass is 16.3. The Hall–Kier alpha value is -1.61. The Labute approximate surface area is 102 Å². The summed E-state index contributed by atoms with van der Waals surface area (Å²) in [6, 6.07) is 9.84. The van der Waals surface area contributed by atoms with E-state index in [1.54, 1.807) is 18.0 Å². The average molecular weight is 233 g/mol. The second kappa shape index (κ2) is 6.86. The summed E-state index contributed by atoms with van der Waals surface area (Å²) in [6.45, 7) is 4.14. The van der Waals surface area contributed by atoms with Crippen LogP contribution in [0.1, 0.15) is 17.9 Å². The Morgan fingerprint density at radius 2 is 2.12 bits per heavy atom. The minimum Gasteiger partial charge on any atom is -0.395 e. The van der Waals surface area contributed by atoms with Gasteiger partial charge in [-0.3, -0.25) is 4.79 Å². The number of likely N-dealkylation sites (N-methyl/N-ethyl adjacent to an activating group) is 1. The predicted molar refractivity (Wildman–Crippen MR) is 68.7 cm³/mol. The van der Waals surface area contributed by atoms with E-state index in [-0.39, 0.29) is 18.4 Å². The van der Waals surface area contributed by atoms with E-state index >= 15 is 0 Å². The fourth-order valence-corrected chi connectivity index (χ4v) is 1.66. The first-order valence-corrected chi connectivity index (χ1v) is 5.71. The molecule has 0 radical (unpaired) electrons. The molecule has 3 heteroatoms. The van der Waals surface area contributed by atoms with E-state index in [4.69, 9.17) is 5.11 Å². The van der Waals surface area contributed by atoms with E-state index < -0.39 is 0 Å².